The molecule has 0 radical (unpaired) electrons. The smallest absolute Gasteiger partial charge is 0.246 e. The van der Waals surface area contributed by atoms with Gasteiger partial charge in [0.05, 0.1) is 11.5 Å². The molecule has 2 saturated heterocycles. The number of rotatable bonds is 3. The molecule has 3 rings (SSSR count). The quantitative estimate of drug-likeness (QED) is 0.775. The number of amides is 1. The largest absolute Gasteiger partial charge is 0.337 e. The van der Waals surface area contributed by atoms with Crippen molar-refractivity contribution in [1.29, 1.82) is 0 Å². The maximum atomic E-state index is 12.2. The van der Waals surface area contributed by atoms with E-state index in [2.05, 4.69) is 4.90 Å². The van der Waals surface area contributed by atoms with E-state index >= 15 is 0 Å². The molecule has 0 saturated carbocycles. The highest BCUT2D eigenvalue weighted by molar-refractivity contribution is 7.91. The van der Waals surface area contributed by atoms with E-state index in [0.29, 0.717) is 18.8 Å². The van der Waals surface area contributed by atoms with Gasteiger partial charge in [-0.2, -0.15) is 0 Å². The van der Waals surface area contributed by atoms with Crippen LogP contribution in [0.5, 0.6) is 0 Å². The molecule has 0 N–H and O–H groups in total. The van der Waals surface area contributed by atoms with Gasteiger partial charge in [0, 0.05) is 38.3 Å². The molecule has 1 unspecified atom stereocenters. The molecule has 0 bridgehead atoms. The molecule has 6 heteroatoms. The van der Waals surface area contributed by atoms with Crippen LogP contribution in [0.1, 0.15) is 12.0 Å². The van der Waals surface area contributed by atoms with Crippen LogP contribution in [0, 0.1) is 0 Å². The predicted molar refractivity (Wildman–Crippen MR) is 90.7 cm³/mol. The van der Waals surface area contributed by atoms with Crippen molar-refractivity contribution in [3.63, 3.8) is 0 Å². The molecule has 1 amide bonds. The average molecular weight is 334 g/mol. The first-order valence-electron chi connectivity index (χ1n) is 8.00. The molecule has 0 aliphatic carbocycles. The molecule has 2 fully saturated rings. The molecular weight excluding hydrogens is 312 g/mol. The molecule has 1 aromatic carbocycles. The van der Waals surface area contributed by atoms with Gasteiger partial charge in [-0.25, -0.2) is 8.42 Å². The van der Waals surface area contributed by atoms with Crippen molar-refractivity contribution in [2.24, 2.45) is 0 Å². The summed E-state index contributed by atoms with van der Waals surface area (Å²) in [4.78, 5) is 16.3. The minimum atomic E-state index is -2.85. The molecular formula is C17H22N2O3S. The van der Waals surface area contributed by atoms with Crippen molar-refractivity contribution in [2.75, 3.05) is 37.7 Å². The van der Waals surface area contributed by atoms with Crippen LogP contribution in [0.15, 0.2) is 36.4 Å². The van der Waals surface area contributed by atoms with Crippen LogP contribution in [0.2, 0.25) is 0 Å². The van der Waals surface area contributed by atoms with Crippen LogP contribution in [-0.2, 0) is 14.6 Å². The van der Waals surface area contributed by atoms with E-state index in [0.717, 1.165) is 25.1 Å². The lowest BCUT2D eigenvalue weighted by Crippen LogP contribution is -2.52. The zero-order chi connectivity index (χ0) is 16.3. The van der Waals surface area contributed by atoms with Gasteiger partial charge in [0.15, 0.2) is 9.84 Å². The lowest BCUT2D eigenvalue weighted by molar-refractivity contribution is -0.127. The zero-order valence-electron chi connectivity index (χ0n) is 13.1. The molecule has 5 nitrogen and oxygen atoms in total. The Labute approximate surface area is 137 Å². The van der Waals surface area contributed by atoms with Gasteiger partial charge in [-0.1, -0.05) is 30.3 Å². The van der Waals surface area contributed by atoms with E-state index in [-0.39, 0.29) is 17.7 Å². The molecule has 2 aliphatic heterocycles. The van der Waals surface area contributed by atoms with E-state index in [1.807, 2.05) is 41.3 Å². The number of sulfone groups is 1. The molecule has 23 heavy (non-hydrogen) atoms. The number of carbonyl (C=O) groups excluding carboxylic acids is 1. The summed E-state index contributed by atoms with van der Waals surface area (Å²) in [5, 5.41) is 0. The fraction of sp³-hybridized carbons (Fsp3) is 0.471. The Bertz CT molecular complexity index is 677. The second kappa shape index (κ2) is 6.84. The third kappa shape index (κ3) is 4.20. The molecule has 0 aromatic heterocycles. The van der Waals surface area contributed by atoms with Crippen molar-refractivity contribution in [3.8, 4) is 0 Å². The van der Waals surface area contributed by atoms with Crippen molar-refractivity contribution in [1.82, 2.24) is 9.80 Å². The van der Waals surface area contributed by atoms with Crippen molar-refractivity contribution in [2.45, 2.75) is 12.5 Å². The summed E-state index contributed by atoms with van der Waals surface area (Å²) in [5.41, 5.74) is 1.01. The van der Waals surface area contributed by atoms with Crippen LogP contribution in [-0.4, -0.2) is 67.9 Å². The summed E-state index contributed by atoms with van der Waals surface area (Å²) >= 11 is 0. The van der Waals surface area contributed by atoms with E-state index in [1.165, 1.54) is 0 Å². The average Bonchev–Trinajstić information content (AvgIpc) is 2.94. The number of carbonyl (C=O) groups is 1. The molecule has 1 atom stereocenters. The van der Waals surface area contributed by atoms with Gasteiger partial charge < -0.3 is 4.90 Å². The van der Waals surface area contributed by atoms with Gasteiger partial charge in [0.1, 0.15) is 0 Å². The first-order valence-corrected chi connectivity index (χ1v) is 9.82. The van der Waals surface area contributed by atoms with Crippen LogP contribution < -0.4 is 0 Å². The Balaban J connectivity index is 1.51. The van der Waals surface area contributed by atoms with E-state index < -0.39 is 9.84 Å². The molecule has 1 aromatic rings. The summed E-state index contributed by atoms with van der Waals surface area (Å²) in [5.74, 6) is 0.596. The van der Waals surface area contributed by atoms with Crippen molar-refractivity contribution in [3.05, 3.63) is 42.0 Å². The Hall–Kier alpha value is -1.66. The Morgan fingerprint density at radius 3 is 2.39 bits per heavy atom. The Kier molecular flexibility index (Phi) is 4.82. The predicted octanol–water partition coefficient (Wildman–Crippen LogP) is 1.03. The molecule has 0 spiro atoms. The first-order chi connectivity index (χ1) is 11.0. The van der Waals surface area contributed by atoms with Crippen LogP contribution in [0.25, 0.3) is 6.08 Å². The molecule has 124 valence electrons. The summed E-state index contributed by atoms with van der Waals surface area (Å²) < 4.78 is 23.2. The third-order valence-corrected chi connectivity index (χ3v) is 6.32. The minimum Gasteiger partial charge on any atom is -0.337 e. The minimum absolute atomic E-state index is 0.0209. The topological polar surface area (TPSA) is 57.7 Å². The third-order valence-electron chi connectivity index (χ3n) is 4.57. The lowest BCUT2D eigenvalue weighted by atomic mass is 10.2. The summed E-state index contributed by atoms with van der Waals surface area (Å²) in [6.45, 7) is 2.83. The van der Waals surface area contributed by atoms with Gasteiger partial charge in [-0.3, -0.25) is 9.69 Å². The van der Waals surface area contributed by atoms with Crippen LogP contribution in [0.4, 0.5) is 0 Å². The second-order valence-electron chi connectivity index (χ2n) is 6.16. The van der Waals surface area contributed by atoms with Gasteiger partial charge in [-0.05, 0) is 18.1 Å². The number of nitrogens with zero attached hydrogens (tertiary/aromatic N) is 2. The zero-order valence-corrected chi connectivity index (χ0v) is 13.9. The second-order valence-corrected chi connectivity index (χ2v) is 8.39. The van der Waals surface area contributed by atoms with Gasteiger partial charge in [0.2, 0.25) is 5.91 Å². The number of hydrogen-bond donors (Lipinski definition) is 0. The van der Waals surface area contributed by atoms with Gasteiger partial charge >= 0.3 is 0 Å². The summed E-state index contributed by atoms with van der Waals surface area (Å²) in [6, 6.07) is 9.89. The maximum Gasteiger partial charge on any atom is 0.246 e. The maximum absolute atomic E-state index is 12.2. The number of hydrogen-bond acceptors (Lipinski definition) is 4. The number of benzene rings is 1. The van der Waals surface area contributed by atoms with E-state index in [9.17, 15) is 13.2 Å². The number of piperazine rings is 1. The Morgan fingerprint density at radius 1 is 1.09 bits per heavy atom. The summed E-state index contributed by atoms with van der Waals surface area (Å²) in [6.07, 6.45) is 4.17. The van der Waals surface area contributed by atoms with Gasteiger partial charge in [-0.15, -0.1) is 0 Å². The molecule has 2 aliphatic rings. The van der Waals surface area contributed by atoms with Crippen LogP contribution >= 0.6 is 0 Å². The summed E-state index contributed by atoms with van der Waals surface area (Å²) in [7, 11) is -2.85. The van der Waals surface area contributed by atoms with E-state index in [4.69, 9.17) is 0 Å². The molecule has 2 heterocycles. The fourth-order valence-corrected chi connectivity index (χ4v) is 4.97. The fourth-order valence-electron chi connectivity index (χ4n) is 3.21. The Morgan fingerprint density at radius 2 is 1.78 bits per heavy atom. The van der Waals surface area contributed by atoms with Gasteiger partial charge in [0.25, 0.3) is 0 Å². The van der Waals surface area contributed by atoms with E-state index in [1.54, 1.807) is 6.08 Å². The highest BCUT2D eigenvalue weighted by Crippen LogP contribution is 2.19. The first kappa shape index (κ1) is 16.2. The monoisotopic (exact) mass is 334 g/mol. The standard InChI is InChI=1S/C17H22N2O3S/c20-17(7-6-15-4-2-1-3-5-15)19-11-9-18(10-12-19)16-8-13-23(21,22)14-16/h1-7,16H,8-14H2/b7-6+. The van der Waals surface area contributed by atoms with Crippen molar-refractivity contribution >= 4 is 21.8 Å². The van der Waals surface area contributed by atoms with Crippen LogP contribution in [0.3, 0.4) is 0 Å². The highest BCUT2D eigenvalue weighted by Gasteiger charge is 2.34. The SMILES string of the molecule is O=C(/C=C/c1ccccc1)N1CCN(C2CCS(=O)(=O)C2)CC1. The van der Waals surface area contributed by atoms with Crippen molar-refractivity contribution < 1.29 is 13.2 Å². The normalized spacial score (nSPS) is 25.0. The lowest BCUT2D eigenvalue weighted by Gasteiger charge is -2.37. The highest BCUT2D eigenvalue weighted by atomic mass is 32.2.